The van der Waals surface area contributed by atoms with Gasteiger partial charge in [0.2, 0.25) is 0 Å². The highest BCUT2D eigenvalue weighted by molar-refractivity contribution is 9.10. The van der Waals surface area contributed by atoms with Crippen LogP contribution in [0.3, 0.4) is 0 Å². The second-order valence-corrected chi connectivity index (χ2v) is 8.12. The van der Waals surface area contributed by atoms with E-state index in [1.54, 1.807) is 6.92 Å². The lowest BCUT2D eigenvalue weighted by Crippen LogP contribution is -2.45. The van der Waals surface area contributed by atoms with Crippen molar-refractivity contribution in [1.82, 2.24) is 10.2 Å². The number of aryl methyl sites for hydroxylation is 1. The first-order chi connectivity index (χ1) is 10.6. The number of hydrogen-bond donors (Lipinski definition) is 1. The van der Waals surface area contributed by atoms with E-state index in [-0.39, 0.29) is 11.9 Å². The Morgan fingerprint density at radius 1 is 1.32 bits per heavy atom. The third-order valence-electron chi connectivity index (χ3n) is 3.92. The van der Waals surface area contributed by atoms with E-state index in [1.165, 1.54) is 11.3 Å². The van der Waals surface area contributed by atoms with Crippen LogP contribution in [-0.2, 0) is 0 Å². The molecule has 0 amide bonds. The van der Waals surface area contributed by atoms with E-state index in [9.17, 15) is 4.39 Å². The molecule has 1 saturated heterocycles. The first-order valence-electron chi connectivity index (χ1n) is 7.22. The smallest absolute Gasteiger partial charge is 0.131 e. The zero-order valence-electron chi connectivity index (χ0n) is 12.2. The van der Waals surface area contributed by atoms with Crippen LogP contribution < -0.4 is 5.32 Å². The van der Waals surface area contributed by atoms with Gasteiger partial charge in [0.15, 0.2) is 0 Å². The van der Waals surface area contributed by atoms with E-state index in [2.05, 4.69) is 26.1 Å². The number of halogens is 3. The fourth-order valence-corrected chi connectivity index (χ4v) is 4.70. The molecule has 22 heavy (non-hydrogen) atoms. The molecule has 2 nitrogen and oxygen atoms in total. The van der Waals surface area contributed by atoms with Gasteiger partial charge in [0.1, 0.15) is 5.82 Å². The van der Waals surface area contributed by atoms with Crippen LogP contribution in [0.15, 0.2) is 28.7 Å². The Morgan fingerprint density at radius 3 is 2.68 bits per heavy atom. The van der Waals surface area contributed by atoms with Gasteiger partial charge < -0.3 is 5.32 Å². The van der Waals surface area contributed by atoms with E-state index in [0.717, 1.165) is 39.9 Å². The van der Waals surface area contributed by atoms with Crippen molar-refractivity contribution in [2.45, 2.75) is 13.0 Å². The summed E-state index contributed by atoms with van der Waals surface area (Å²) < 4.78 is 16.4. The summed E-state index contributed by atoms with van der Waals surface area (Å²) >= 11 is 11.1. The average molecular weight is 404 g/mol. The molecule has 1 aromatic carbocycles. The highest BCUT2D eigenvalue weighted by Crippen LogP contribution is 2.38. The molecular formula is C16H17BrClFN2S. The van der Waals surface area contributed by atoms with Crippen molar-refractivity contribution in [2.24, 2.45) is 0 Å². The molecule has 6 heteroatoms. The molecule has 1 aromatic heterocycles. The van der Waals surface area contributed by atoms with Crippen LogP contribution in [0, 0.1) is 12.7 Å². The second-order valence-electron chi connectivity index (χ2n) is 5.46. The number of nitrogens with one attached hydrogen (secondary N) is 1. The zero-order chi connectivity index (χ0) is 15.7. The Kier molecular flexibility index (Phi) is 5.20. The molecule has 118 valence electrons. The monoisotopic (exact) mass is 402 g/mol. The Bertz CT molecular complexity index is 670. The van der Waals surface area contributed by atoms with Gasteiger partial charge in [-0.15, -0.1) is 11.3 Å². The number of hydrogen-bond acceptors (Lipinski definition) is 3. The number of rotatable bonds is 3. The number of thiophene rings is 1. The van der Waals surface area contributed by atoms with Gasteiger partial charge in [-0.1, -0.05) is 27.5 Å². The quantitative estimate of drug-likeness (QED) is 0.805. The molecule has 1 aliphatic heterocycles. The van der Waals surface area contributed by atoms with Gasteiger partial charge in [0.25, 0.3) is 0 Å². The minimum atomic E-state index is -0.128. The summed E-state index contributed by atoms with van der Waals surface area (Å²) in [4.78, 5) is 3.41. The number of benzene rings is 1. The molecule has 1 aliphatic rings. The van der Waals surface area contributed by atoms with Crippen molar-refractivity contribution in [1.29, 1.82) is 0 Å². The van der Waals surface area contributed by atoms with Crippen LogP contribution in [0.5, 0.6) is 0 Å². The van der Waals surface area contributed by atoms with Gasteiger partial charge in [0.05, 0.1) is 10.4 Å². The van der Waals surface area contributed by atoms with E-state index in [1.807, 2.05) is 24.3 Å². The summed E-state index contributed by atoms with van der Waals surface area (Å²) in [5.74, 6) is -0.128. The molecule has 0 radical (unpaired) electrons. The third-order valence-corrected chi connectivity index (χ3v) is 5.66. The first kappa shape index (κ1) is 16.4. The van der Waals surface area contributed by atoms with E-state index in [0.29, 0.717) is 11.1 Å². The summed E-state index contributed by atoms with van der Waals surface area (Å²) in [6.07, 6.45) is 0. The lowest BCUT2D eigenvalue weighted by molar-refractivity contribution is 0.197. The molecule has 0 spiro atoms. The highest BCUT2D eigenvalue weighted by Gasteiger charge is 2.28. The van der Waals surface area contributed by atoms with Gasteiger partial charge in [0, 0.05) is 41.1 Å². The minimum absolute atomic E-state index is 0.0872. The van der Waals surface area contributed by atoms with Gasteiger partial charge >= 0.3 is 0 Å². The summed E-state index contributed by atoms with van der Waals surface area (Å²) in [7, 11) is 0. The summed E-state index contributed by atoms with van der Waals surface area (Å²) in [5.41, 5.74) is 1.37. The Morgan fingerprint density at radius 2 is 2.05 bits per heavy atom. The van der Waals surface area contributed by atoms with Gasteiger partial charge in [-0.2, -0.15) is 0 Å². The van der Waals surface area contributed by atoms with Crippen molar-refractivity contribution in [2.75, 3.05) is 26.2 Å². The van der Waals surface area contributed by atoms with Crippen LogP contribution in [0.4, 0.5) is 4.39 Å². The fourth-order valence-electron chi connectivity index (χ4n) is 2.90. The number of piperazine rings is 1. The highest BCUT2D eigenvalue weighted by atomic mass is 79.9. The maximum absolute atomic E-state index is 14.8. The van der Waals surface area contributed by atoms with Crippen LogP contribution in [0.2, 0.25) is 4.34 Å². The molecule has 0 aliphatic carbocycles. The third kappa shape index (κ3) is 3.39. The normalized spacial score (nSPS) is 17.6. The number of nitrogens with zero attached hydrogens (tertiary/aromatic N) is 1. The predicted molar refractivity (Wildman–Crippen MR) is 94.5 cm³/mol. The summed E-state index contributed by atoms with van der Waals surface area (Å²) in [6, 6.07) is 7.52. The minimum Gasteiger partial charge on any atom is -0.314 e. The second kappa shape index (κ2) is 6.97. The van der Waals surface area contributed by atoms with Crippen molar-refractivity contribution >= 4 is 38.9 Å². The topological polar surface area (TPSA) is 15.3 Å². The van der Waals surface area contributed by atoms with E-state index >= 15 is 0 Å². The largest absolute Gasteiger partial charge is 0.314 e. The predicted octanol–water partition coefficient (Wildman–Crippen LogP) is 4.61. The van der Waals surface area contributed by atoms with Crippen LogP contribution in [0.25, 0.3) is 0 Å². The maximum Gasteiger partial charge on any atom is 0.131 e. The summed E-state index contributed by atoms with van der Waals surface area (Å²) in [5, 5.41) is 3.35. The van der Waals surface area contributed by atoms with Crippen molar-refractivity contribution < 1.29 is 4.39 Å². The molecule has 0 bridgehead atoms. The van der Waals surface area contributed by atoms with E-state index < -0.39 is 0 Å². The zero-order valence-corrected chi connectivity index (χ0v) is 15.4. The molecule has 0 unspecified atom stereocenters. The molecular weight excluding hydrogens is 387 g/mol. The molecule has 1 N–H and O–H groups in total. The van der Waals surface area contributed by atoms with Crippen molar-refractivity contribution in [3.63, 3.8) is 0 Å². The lowest BCUT2D eigenvalue weighted by Gasteiger charge is -2.35. The fraction of sp³-hybridized carbons (Fsp3) is 0.375. The van der Waals surface area contributed by atoms with Gasteiger partial charge in [-0.05, 0) is 36.8 Å². The molecule has 1 atom stereocenters. The molecule has 1 fully saturated rings. The molecule has 0 saturated carbocycles. The lowest BCUT2D eigenvalue weighted by atomic mass is 10.00. The Balaban J connectivity index is 2.08. The van der Waals surface area contributed by atoms with Crippen molar-refractivity contribution in [3.05, 3.63) is 54.9 Å². The summed E-state index contributed by atoms with van der Waals surface area (Å²) in [6.45, 7) is 5.44. The van der Waals surface area contributed by atoms with Crippen molar-refractivity contribution in [3.8, 4) is 0 Å². The Hall–Kier alpha value is -0.460. The van der Waals surface area contributed by atoms with Gasteiger partial charge in [-0.25, -0.2) is 4.39 Å². The van der Waals surface area contributed by atoms with Crippen LogP contribution >= 0.6 is 38.9 Å². The molecule has 2 aromatic rings. The average Bonchev–Trinajstić information content (AvgIpc) is 2.92. The van der Waals surface area contributed by atoms with Crippen LogP contribution in [0.1, 0.15) is 22.0 Å². The van der Waals surface area contributed by atoms with Crippen LogP contribution in [-0.4, -0.2) is 31.1 Å². The molecule has 2 heterocycles. The maximum atomic E-state index is 14.8. The first-order valence-corrected chi connectivity index (χ1v) is 9.20. The standard InChI is InChI=1S/C16H17BrClFN2S/c1-10-8-11(17)9-12(15(10)19)16(13-2-3-14(18)22-13)21-6-4-20-5-7-21/h2-3,8-9,16,20H,4-7H2,1H3/t16-/m0/s1. The molecule has 3 rings (SSSR count). The van der Waals surface area contributed by atoms with E-state index in [4.69, 9.17) is 11.6 Å². The van der Waals surface area contributed by atoms with Gasteiger partial charge in [-0.3, -0.25) is 4.90 Å². The Labute approximate surface area is 147 Å². The SMILES string of the molecule is Cc1cc(Br)cc([C@@H](c2ccc(Cl)s2)N2CCNCC2)c1F.